The zero-order chi connectivity index (χ0) is 12.1. The van der Waals surface area contributed by atoms with Crippen LogP contribution >= 0.6 is 0 Å². The molecule has 2 rings (SSSR count). The molecule has 0 spiro atoms. The monoisotopic (exact) mass is 230 g/mol. The van der Waals surface area contributed by atoms with Crippen LogP contribution in [0, 0.1) is 11.8 Å². The number of aliphatic hydroxyl groups excluding tert-OH is 1. The Labute approximate surface area is 100 Å². The molecule has 0 bridgehead atoms. The number of ketones is 1. The molecule has 0 saturated carbocycles. The molecule has 1 N–H and O–H groups in total. The number of ether oxygens (including phenoxy) is 1. The molecule has 0 radical (unpaired) electrons. The third-order valence-corrected chi connectivity index (χ3v) is 2.59. The van der Waals surface area contributed by atoms with Crippen LogP contribution in [0.15, 0.2) is 30.3 Å². The van der Waals surface area contributed by atoms with Gasteiger partial charge in [-0.1, -0.05) is 36.3 Å². The van der Waals surface area contributed by atoms with Gasteiger partial charge in [0.1, 0.15) is 6.10 Å². The maximum absolute atomic E-state index is 11.6. The number of benzene rings is 1. The minimum Gasteiger partial charge on any atom is -0.396 e. The number of rotatable bonds is 4. The second-order valence-electron chi connectivity index (χ2n) is 3.93. The molecule has 3 heteroatoms. The summed E-state index contributed by atoms with van der Waals surface area (Å²) < 4.78 is 5.27. The van der Waals surface area contributed by atoms with E-state index in [1.165, 1.54) is 0 Å². The van der Waals surface area contributed by atoms with Gasteiger partial charge in [0.2, 0.25) is 5.78 Å². The van der Waals surface area contributed by atoms with E-state index >= 15 is 0 Å². The molecule has 1 aliphatic heterocycles. The van der Waals surface area contributed by atoms with Crippen LogP contribution in [-0.2, 0) is 4.74 Å². The van der Waals surface area contributed by atoms with E-state index in [4.69, 9.17) is 9.84 Å². The highest BCUT2D eigenvalue weighted by Crippen LogP contribution is 2.25. The molecule has 0 aliphatic carbocycles. The van der Waals surface area contributed by atoms with Crippen molar-refractivity contribution in [2.24, 2.45) is 0 Å². The average Bonchev–Trinajstić information content (AvgIpc) is 3.13. The van der Waals surface area contributed by atoms with Gasteiger partial charge >= 0.3 is 0 Å². The Morgan fingerprint density at radius 2 is 2.12 bits per heavy atom. The van der Waals surface area contributed by atoms with Gasteiger partial charge in [0.25, 0.3) is 0 Å². The second kappa shape index (κ2) is 5.62. The van der Waals surface area contributed by atoms with Gasteiger partial charge in [-0.15, -0.1) is 0 Å². The first-order valence-corrected chi connectivity index (χ1v) is 5.68. The number of carbonyl (C=O) groups excluding carboxylic acids is 1. The normalized spacial score (nSPS) is 21.5. The Hall–Kier alpha value is -1.63. The summed E-state index contributed by atoms with van der Waals surface area (Å²) in [5.74, 6) is 5.22. The van der Waals surface area contributed by atoms with Crippen molar-refractivity contribution >= 4 is 5.78 Å². The largest absolute Gasteiger partial charge is 0.396 e. The molecule has 88 valence electrons. The highest BCUT2D eigenvalue weighted by atomic mass is 16.6. The SMILES string of the molecule is O=C(C#C[C@@H]1O[C@H]1CCCO)c1ccccc1. The van der Waals surface area contributed by atoms with Crippen molar-refractivity contribution in [1.82, 2.24) is 0 Å². The summed E-state index contributed by atoms with van der Waals surface area (Å²) in [7, 11) is 0. The summed E-state index contributed by atoms with van der Waals surface area (Å²) in [5, 5.41) is 8.65. The lowest BCUT2D eigenvalue weighted by Crippen LogP contribution is -1.97. The second-order valence-corrected chi connectivity index (χ2v) is 3.93. The predicted molar refractivity (Wildman–Crippen MR) is 63.5 cm³/mol. The highest BCUT2D eigenvalue weighted by molar-refractivity contribution is 6.09. The van der Waals surface area contributed by atoms with Crippen LogP contribution in [0.2, 0.25) is 0 Å². The zero-order valence-electron chi connectivity index (χ0n) is 9.43. The first-order valence-electron chi connectivity index (χ1n) is 5.68. The Morgan fingerprint density at radius 3 is 2.82 bits per heavy atom. The van der Waals surface area contributed by atoms with E-state index in [2.05, 4.69) is 11.8 Å². The third kappa shape index (κ3) is 3.42. The van der Waals surface area contributed by atoms with Crippen LogP contribution in [0.3, 0.4) is 0 Å². The molecule has 0 unspecified atom stereocenters. The van der Waals surface area contributed by atoms with Crippen molar-refractivity contribution < 1.29 is 14.6 Å². The molecular weight excluding hydrogens is 216 g/mol. The van der Waals surface area contributed by atoms with Gasteiger partial charge in [-0.25, -0.2) is 0 Å². The molecule has 17 heavy (non-hydrogen) atoms. The van der Waals surface area contributed by atoms with Crippen molar-refractivity contribution in [3.63, 3.8) is 0 Å². The van der Waals surface area contributed by atoms with E-state index in [1.54, 1.807) is 12.1 Å². The maximum Gasteiger partial charge on any atom is 0.235 e. The molecule has 3 nitrogen and oxygen atoms in total. The third-order valence-electron chi connectivity index (χ3n) is 2.59. The lowest BCUT2D eigenvalue weighted by molar-refractivity contribution is 0.105. The van der Waals surface area contributed by atoms with Crippen molar-refractivity contribution in [2.45, 2.75) is 25.0 Å². The molecule has 1 aromatic carbocycles. The van der Waals surface area contributed by atoms with Crippen LogP contribution in [-0.4, -0.2) is 29.7 Å². The molecular formula is C14H14O3. The fraction of sp³-hybridized carbons (Fsp3) is 0.357. The molecule has 1 heterocycles. The summed E-state index contributed by atoms with van der Waals surface area (Å²) >= 11 is 0. The van der Waals surface area contributed by atoms with E-state index < -0.39 is 0 Å². The Balaban J connectivity index is 1.85. The first kappa shape index (κ1) is 11.8. The highest BCUT2D eigenvalue weighted by Gasteiger charge is 2.36. The van der Waals surface area contributed by atoms with Gasteiger partial charge in [0.05, 0.1) is 6.10 Å². The number of carbonyl (C=O) groups is 1. The molecule has 1 saturated heterocycles. The van der Waals surface area contributed by atoms with Crippen molar-refractivity contribution in [1.29, 1.82) is 0 Å². The standard InChI is InChI=1S/C14H14O3/c15-10-4-7-13-14(17-13)9-8-12(16)11-5-2-1-3-6-11/h1-3,5-6,13-15H,4,7,10H2/t13-,14-/m0/s1. The number of hydrogen-bond acceptors (Lipinski definition) is 3. The van der Waals surface area contributed by atoms with Crippen molar-refractivity contribution in [3.05, 3.63) is 35.9 Å². The topological polar surface area (TPSA) is 49.8 Å². The minimum absolute atomic E-state index is 0.0956. The maximum atomic E-state index is 11.6. The van der Waals surface area contributed by atoms with Gasteiger partial charge in [0, 0.05) is 12.2 Å². The van der Waals surface area contributed by atoms with Crippen molar-refractivity contribution in [2.75, 3.05) is 6.61 Å². The molecule has 1 aromatic rings. The minimum atomic E-state index is -0.179. The first-order chi connectivity index (χ1) is 8.31. The van der Waals surface area contributed by atoms with E-state index in [-0.39, 0.29) is 24.6 Å². The van der Waals surface area contributed by atoms with E-state index in [0.29, 0.717) is 5.56 Å². The lowest BCUT2D eigenvalue weighted by atomic mass is 10.1. The molecule has 1 aliphatic rings. The van der Waals surface area contributed by atoms with Crippen molar-refractivity contribution in [3.8, 4) is 11.8 Å². The fourth-order valence-corrected chi connectivity index (χ4v) is 1.58. The molecule has 2 atom stereocenters. The molecule has 0 amide bonds. The van der Waals surface area contributed by atoms with Gasteiger partial charge in [0.15, 0.2) is 0 Å². The number of aliphatic hydroxyl groups is 1. The Morgan fingerprint density at radius 1 is 1.35 bits per heavy atom. The van der Waals surface area contributed by atoms with Gasteiger partial charge in [-0.05, 0) is 18.8 Å². The molecule has 0 aromatic heterocycles. The van der Waals surface area contributed by atoms with Gasteiger partial charge in [-0.2, -0.15) is 0 Å². The van der Waals surface area contributed by atoms with Gasteiger partial charge < -0.3 is 9.84 Å². The fourth-order valence-electron chi connectivity index (χ4n) is 1.58. The van der Waals surface area contributed by atoms with Crippen LogP contribution in [0.1, 0.15) is 23.2 Å². The van der Waals surface area contributed by atoms with Crippen LogP contribution in [0.25, 0.3) is 0 Å². The summed E-state index contributed by atoms with van der Waals surface area (Å²) in [6, 6.07) is 8.97. The number of epoxide rings is 1. The van der Waals surface area contributed by atoms with Crippen LogP contribution in [0.4, 0.5) is 0 Å². The van der Waals surface area contributed by atoms with Crippen LogP contribution in [0.5, 0.6) is 0 Å². The van der Waals surface area contributed by atoms with Gasteiger partial charge in [-0.3, -0.25) is 4.79 Å². The summed E-state index contributed by atoms with van der Waals surface area (Å²) in [5.41, 5.74) is 0.604. The Bertz CT molecular complexity index is 442. The predicted octanol–water partition coefficient (Wildman–Crippen LogP) is 1.41. The smallest absolute Gasteiger partial charge is 0.235 e. The van der Waals surface area contributed by atoms with Crippen LogP contribution < -0.4 is 0 Å². The quantitative estimate of drug-likeness (QED) is 0.368. The number of hydrogen-bond donors (Lipinski definition) is 1. The summed E-state index contributed by atoms with van der Waals surface area (Å²) in [6.07, 6.45) is 1.48. The molecule has 1 fully saturated rings. The average molecular weight is 230 g/mol. The number of Topliss-reactive ketones (excluding diaryl/α,β-unsaturated/α-hetero) is 1. The van der Waals surface area contributed by atoms with E-state index in [9.17, 15) is 4.79 Å². The van der Waals surface area contributed by atoms with E-state index in [1.807, 2.05) is 18.2 Å². The Kier molecular flexibility index (Phi) is 3.92. The summed E-state index contributed by atoms with van der Waals surface area (Å²) in [4.78, 5) is 11.6. The van der Waals surface area contributed by atoms with E-state index in [0.717, 1.165) is 12.8 Å². The summed E-state index contributed by atoms with van der Waals surface area (Å²) in [6.45, 7) is 0.170. The lowest BCUT2D eigenvalue weighted by Gasteiger charge is -1.90. The zero-order valence-corrected chi connectivity index (χ0v) is 9.43.